The highest BCUT2D eigenvalue weighted by molar-refractivity contribution is 5.94. The second-order valence-electron chi connectivity index (χ2n) is 4.43. The van der Waals surface area contributed by atoms with Gasteiger partial charge in [-0.3, -0.25) is 14.9 Å². The molecule has 4 atom stereocenters. The van der Waals surface area contributed by atoms with E-state index >= 15 is 0 Å². The van der Waals surface area contributed by atoms with E-state index in [-0.39, 0.29) is 18.2 Å². The minimum atomic E-state index is -0.500. The van der Waals surface area contributed by atoms with E-state index in [1.165, 1.54) is 12.3 Å². The van der Waals surface area contributed by atoms with Crippen molar-refractivity contribution < 1.29 is 19.4 Å². The van der Waals surface area contributed by atoms with Gasteiger partial charge in [-0.15, -0.1) is 0 Å². The Hall–Kier alpha value is -1.40. The molecule has 2 amide bonds. The van der Waals surface area contributed by atoms with Gasteiger partial charge in [0.2, 0.25) is 6.41 Å². The predicted octanol–water partition coefficient (Wildman–Crippen LogP) is -0.164. The number of carbonyl (C=O) groups is 2. The van der Waals surface area contributed by atoms with Crippen LogP contribution in [0, 0.1) is 5.92 Å². The van der Waals surface area contributed by atoms with Crippen LogP contribution in [-0.2, 0) is 14.3 Å². The maximum absolute atomic E-state index is 11.1. The largest absolute Gasteiger partial charge is 0.390 e. The Balaban J connectivity index is 2.59. The first-order valence-corrected chi connectivity index (χ1v) is 5.99. The summed E-state index contributed by atoms with van der Waals surface area (Å²) < 4.78 is 5.71. The second-order valence-corrected chi connectivity index (χ2v) is 4.43. The molecule has 0 aromatic rings. The average Bonchev–Trinajstić information content (AvgIpc) is 2.63. The van der Waals surface area contributed by atoms with E-state index in [0.717, 1.165) is 6.42 Å². The van der Waals surface area contributed by atoms with Gasteiger partial charge < -0.3 is 14.7 Å². The Morgan fingerprint density at radius 2 is 2.22 bits per heavy atom. The lowest BCUT2D eigenvalue weighted by Crippen LogP contribution is -2.33. The third-order valence-electron chi connectivity index (χ3n) is 3.15. The number of amides is 2. The van der Waals surface area contributed by atoms with Crippen molar-refractivity contribution in [2.45, 2.75) is 38.7 Å². The van der Waals surface area contributed by atoms with Crippen molar-refractivity contribution in [2.75, 3.05) is 7.05 Å². The zero-order chi connectivity index (χ0) is 13.7. The SMILES string of the molecule is CCC1OC(N(C)/C=C\C(=O)NC=O)C(C)[C@@H]1O. The van der Waals surface area contributed by atoms with Crippen LogP contribution in [0.15, 0.2) is 12.3 Å². The minimum Gasteiger partial charge on any atom is -0.390 e. The molecular weight excluding hydrogens is 236 g/mol. The fourth-order valence-electron chi connectivity index (χ4n) is 2.07. The molecule has 0 aromatic heterocycles. The maximum Gasteiger partial charge on any atom is 0.251 e. The van der Waals surface area contributed by atoms with Crippen LogP contribution in [0.3, 0.4) is 0 Å². The molecule has 1 fully saturated rings. The van der Waals surface area contributed by atoms with Crippen LogP contribution in [0.4, 0.5) is 0 Å². The lowest BCUT2D eigenvalue weighted by atomic mass is 10.0. The van der Waals surface area contributed by atoms with Crippen LogP contribution >= 0.6 is 0 Å². The molecule has 1 rings (SSSR count). The fourth-order valence-corrected chi connectivity index (χ4v) is 2.07. The van der Waals surface area contributed by atoms with Crippen molar-refractivity contribution in [3.63, 3.8) is 0 Å². The number of hydrogen-bond donors (Lipinski definition) is 2. The van der Waals surface area contributed by atoms with Crippen molar-refractivity contribution in [3.8, 4) is 0 Å². The zero-order valence-corrected chi connectivity index (χ0v) is 10.9. The molecule has 2 N–H and O–H groups in total. The van der Waals surface area contributed by atoms with E-state index < -0.39 is 12.0 Å². The Labute approximate surface area is 107 Å². The van der Waals surface area contributed by atoms with E-state index in [1.807, 2.05) is 19.2 Å². The van der Waals surface area contributed by atoms with Gasteiger partial charge in [0, 0.05) is 25.2 Å². The van der Waals surface area contributed by atoms with Crippen molar-refractivity contribution in [1.82, 2.24) is 10.2 Å². The minimum absolute atomic E-state index is 0.0428. The molecule has 0 saturated carbocycles. The highest BCUT2D eigenvalue weighted by atomic mass is 16.5. The first kappa shape index (κ1) is 14.7. The van der Waals surface area contributed by atoms with Crippen LogP contribution in [0.5, 0.6) is 0 Å². The molecule has 6 nitrogen and oxygen atoms in total. The molecule has 1 aliphatic rings. The zero-order valence-electron chi connectivity index (χ0n) is 10.9. The van der Waals surface area contributed by atoms with Crippen LogP contribution < -0.4 is 5.32 Å². The van der Waals surface area contributed by atoms with Gasteiger partial charge in [-0.2, -0.15) is 0 Å². The molecule has 3 unspecified atom stereocenters. The summed E-state index contributed by atoms with van der Waals surface area (Å²) in [5.41, 5.74) is 0. The molecule has 0 bridgehead atoms. The number of nitrogens with one attached hydrogen (secondary N) is 1. The number of ether oxygens (including phenoxy) is 1. The van der Waals surface area contributed by atoms with Gasteiger partial charge >= 0.3 is 0 Å². The number of aliphatic hydroxyl groups excluding tert-OH is 1. The van der Waals surface area contributed by atoms with Crippen LogP contribution in [0.1, 0.15) is 20.3 Å². The van der Waals surface area contributed by atoms with Gasteiger partial charge in [0.15, 0.2) is 0 Å². The van der Waals surface area contributed by atoms with Crippen molar-refractivity contribution in [1.29, 1.82) is 0 Å². The molecule has 18 heavy (non-hydrogen) atoms. The predicted molar refractivity (Wildman–Crippen MR) is 65.2 cm³/mol. The average molecular weight is 256 g/mol. The van der Waals surface area contributed by atoms with Gasteiger partial charge in [0.25, 0.3) is 5.91 Å². The molecule has 1 aliphatic heterocycles. The van der Waals surface area contributed by atoms with Crippen LogP contribution in [0.2, 0.25) is 0 Å². The summed E-state index contributed by atoms with van der Waals surface area (Å²) >= 11 is 0. The summed E-state index contributed by atoms with van der Waals surface area (Å²) in [5, 5.41) is 11.9. The summed E-state index contributed by atoms with van der Waals surface area (Å²) in [7, 11) is 1.76. The second kappa shape index (κ2) is 6.51. The molecule has 1 heterocycles. The third kappa shape index (κ3) is 3.30. The summed E-state index contributed by atoms with van der Waals surface area (Å²) in [6.07, 6.45) is 2.90. The summed E-state index contributed by atoms with van der Waals surface area (Å²) in [5.74, 6) is -0.533. The molecular formula is C12H20N2O4. The van der Waals surface area contributed by atoms with Gasteiger partial charge in [-0.1, -0.05) is 13.8 Å². The highest BCUT2D eigenvalue weighted by Crippen LogP contribution is 2.30. The van der Waals surface area contributed by atoms with E-state index in [4.69, 9.17) is 4.74 Å². The number of hydrogen-bond acceptors (Lipinski definition) is 5. The summed E-state index contributed by atoms with van der Waals surface area (Å²) in [6.45, 7) is 3.86. The van der Waals surface area contributed by atoms with E-state index in [2.05, 4.69) is 0 Å². The molecule has 6 heteroatoms. The Morgan fingerprint density at radius 1 is 1.56 bits per heavy atom. The molecule has 0 radical (unpaired) electrons. The van der Waals surface area contributed by atoms with Crippen molar-refractivity contribution in [3.05, 3.63) is 12.3 Å². The van der Waals surface area contributed by atoms with E-state index in [9.17, 15) is 14.7 Å². The van der Waals surface area contributed by atoms with Crippen molar-refractivity contribution >= 4 is 12.3 Å². The number of rotatable bonds is 5. The summed E-state index contributed by atoms with van der Waals surface area (Å²) in [6, 6.07) is 0. The first-order chi connectivity index (χ1) is 8.51. The number of aliphatic hydroxyl groups is 1. The lowest BCUT2D eigenvalue weighted by molar-refractivity contribution is -0.121. The van der Waals surface area contributed by atoms with Crippen LogP contribution in [0.25, 0.3) is 0 Å². The lowest BCUT2D eigenvalue weighted by Gasteiger charge is -2.25. The Morgan fingerprint density at radius 3 is 2.72 bits per heavy atom. The third-order valence-corrected chi connectivity index (χ3v) is 3.15. The van der Waals surface area contributed by atoms with Gasteiger partial charge in [-0.05, 0) is 6.42 Å². The number of nitrogens with zero attached hydrogens (tertiary/aromatic N) is 1. The molecule has 0 spiro atoms. The standard InChI is InChI=1S/C12H20N2O4/c1-4-9-11(17)8(2)12(18-9)14(3)6-5-10(16)13-7-15/h5-9,11-12,17H,4H2,1-3H3,(H,13,15,16)/b6-5-/t8?,9?,11-,12?/m0/s1. The van der Waals surface area contributed by atoms with Gasteiger partial charge in [0.1, 0.15) is 6.23 Å². The van der Waals surface area contributed by atoms with Gasteiger partial charge in [0.05, 0.1) is 12.2 Å². The van der Waals surface area contributed by atoms with Crippen molar-refractivity contribution in [2.24, 2.45) is 5.92 Å². The van der Waals surface area contributed by atoms with E-state index in [0.29, 0.717) is 6.41 Å². The molecule has 102 valence electrons. The maximum atomic E-state index is 11.1. The van der Waals surface area contributed by atoms with E-state index in [1.54, 1.807) is 11.9 Å². The monoisotopic (exact) mass is 256 g/mol. The molecule has 0 aliphatic carbocycles. The summed E-state index contributed by atoms with van der Waals surface area (Å²) in [4.78, 5) is 22.9. The smallest absolute Gasteiger partial charge is 0.251 e. The number of carbonyl (C=O) groups excluding carboxylic acids is 2. The van der Waals surface area contributed by atoms with Crippen LogP contribution in [-0.4, -0.2) is 47.8 Å². The quantitative estimate of drug-likeness (QED) is 0.528. The Bertz CT molecular complexity index is 332. The molecule has 0 aromatic carbocycles. The highest BCUT2D eigenvalue weighted by Gasteiger charge is 2.41. The van der Waals surface area contributed by atoms with Gasteiger partial charge in [-0.25, -0.2) is 0 Å². The molecule has 1 saturated heterocycles. The Kier molecular flexibility index (Phi) is 5.30. The normalized spacial score (nSPS) is 31.6. The fraction of sp³-hybridized carbons (Fsp3) is 0.667. The number of imide groups is 1. The first-order valence-electron chi connectivity index (χ1n) is 5.99. The topological polar surface area (TPSA) is 78.9 Å².